The van der Waals surface area contributed by atoms with Gasteiger partial charge in [-0.3, -0.25) is 4.79 Å². The lowest BCUT2D eigenvalue weighted by Crippen LogP contribution is -2.15. The fraction of sp³-hybridized carbons (Fsp3) is 0.0556. The molecule has 8 nitrogen and oxygen atoms in total. The zero-order chi connectivity index (χ0) is 18.8. The number of carbonyl (C=O) groups is 1. The van der Waals surface area contributed by atoms with Crippen LogP contribution in [0.2, 0.25) is 5.02 Å². The number of nitrogens with one attached hydrogen (secondary N) is 1. The van der Waals surface area contributed by atoms with Crippen molar-refractivity contribution in [1.29, 1.82) is 0 Å². The number of halogens is 1. The van der Waals surface area contributed by atoms with Crippen LogP contribution in [-0.4, -0.2) is 35.9 Å². The second-order valence-electron chi connectivity index (χ2n) is 5.80. The highest BCUT2D eigenvalue weighted by molar-refractivity contribution is 6.31. The number of amides is 1. The van der Waals surface area contributed by atoms with Crippen molar-refractivity contribution in [2.24, 2.45) is 0 Å². The Morgan fingerprint density at radius 1 is 1.15 bits per heavy atom. The predicted octanol–water partition coefficient (Wildman–Crippen LogP) is 3.06. The average molecular weight is 380 g/mol. The molecule has 0 aliphatic heterocycles. The van der Waals surface area contributed by atoms with E-state index in [-0.39, 0.29) is 5.91 Å². The van der Waals surface area contributed by atoms with Crippen LogP contribution in [0.15, 0.2) is 61.1 Å². The van der Waals surface area contributed by atoms with E-state index in [2.05, 4.69) is 25.9 Å². The van der Waals surface area contributed by atoms with Crippen LogP contribution in [0.3, 0.4) is 0 Å². The molecule has 0 bridgehead atoms. The molecular formula is C18H14ClN7O. The molecule has 27 heavy (non-hydrogen) atoms. The lowest BCUT2D eigenvalue weighted by atomic mass is 10.1. The lowest BCUT2D eigenvalue weighted by molar-refractivity contribution is 0.102. The minimum atomic E-state index is -0.322. The molecule has 0 aliphatic rings. The normalized spacial score (nSPS) is 10.7. The molecule has 0 aliphatic carbocycles. The Morgan fingerprint density at radius 2 is 2.04 bits per heavy atom. The number of tetrazole rings is 1. The van der Waals surface area contributed by atoms with Gasteiger partial charge in [0.25, 0.3) is 5.91 Å². The Morgan fingerprint density at radius 3 is 2.78 bits per heavy atom. The van der Waals surface area contributed by atoms with Crippen molar-refractivity contribution < 1.29 is 4.79 Å². The molecule has 0 unspecified atom stereocenters. The van der Waals surface area contributed by atoms with Gasteiger partial charge in [0.1, 0.15) is 6.33 Å². The summed E-state index contributed by atoms with van der Waals surface area (Å²) in [7, 11) is 0. The molecule has 2 heterocycles. The molecule has 4 aromatic rings. The number of hydrogen-bond donors (Lipinski definition) is 1. The molecule has 1 N–H and O–H groups in total. The summed E-state index contributed by atoms with van der Waals surface area (Å²) in [6.07, 6.45) is 3.14. The maximum Gasteiger partial charge on any atom is 0.257 e. The average Bonchev–Trinajstić information content (AvgIpc) is 3.33. The molecule has 0 atom stereocenters. The number of carbonyl (C=O) groups excluding carboxylic acids is 1. The Labute approximate surface area is 159 Å². The minimum Gasteiger partial charge on any atom is -0.322 e. The van der Waals surface area contributed by atoms with Crippen molar-refractivity contribution >= 4 is 23.2 Å². The fourth-order valence-electron chi connectivity index (χ4n) is 2.72. The number of aromatic nitrogens is 6. The number of benzene rings is 2. The van der Waals surface area contributed by atoms with Crippen molar-refractivity contribution in [3.05, 3.63) is 77.3 Å². The summed E-state index contributed by atoms with van der Waals surface area (Å²) in [5.41, 5.74) is 3.36. The Kier molecular flexibility index (Phi) is 4.39. The van der Waals surface area contributed by atoms with Crippen LogP contribution in [0.25, 0.3) is 11.4 Å². The standard InChI is InChI=1S/C18H14ClN7O/c1-12-7-8-21-26(12)15-4-2-3-14(10-15)22-18(27)16-9-13(19)5-6-17(16)25-11-20-23-24-25/h2-11H,1H3,(H,22,27). The van der Waals surface area contributed by atoms with Gasteiger partial charge in [0.05, 0.1) is 16.9 Å². The molecule has 0 saturated carbocycles. The molecule has 9 heteroatoms. The highest BCUT2D eigenvalue weighted by Crippen LogP contribution is 2.21. The summed E-state index contributed by atoms with van der Waals surface area (Å²) in [5.74, 6) is -0.322. The quantitative estimate of drug-likeness (QED) is 0.588. The van der Waals surface area contributed by atoms with Crippen molar-refractivity contribution in [3.63, 3.8) is 0 Å². The van der Waals surface area contributed by atoms with Crippen LogP contribution in [0, 0.1) is 6.92 Å². The van der Waals surface area contributed by atoms with E-state index in [0.29, 0.717) is 22.0 Å². The smallest absolute Gasteiger partial charge is 0.257 e. The first-order valence-corrected chi connectivity index (χ1v) is 8.45. The van der Waals surface area contributed by atoms with Gasteiger partial charge in [-0.05, 0) is 59.8 Å². The van der Waals surface area contributed by atoms with E-state index < -0.39 is 0 Å². The van der Waals surface area contributed by atoms with Gasteiger partial charge in [-0.25, -0.2) is 4.68 Å². The van der Waals surface area contributed by atoms with Crippen LogP contribution in [0.1, 0.15) is 16.1 Å². The van der Waals surface area contributed by atoms with Crippen LogP contribution in [0.4, 0.5) is 5.69 Å². The molecule has 0 spiro atoms. The summed E-state index contributed by atoms with van der Waals surface area (Å²) in [5, 5.41) is 18.7. The van der Waals surface area contributed by atoms with Crippen molar-refractivity contribution in [1.82, 2.24) is 30.0 Å². The summed E-state index contributed by atoms with van der Waals surface area (Å²) in [4.78, 5) is 12.9. The molecule has 134 valence electrons. The van der Waals surface area contributed by atoms with Gasteiger partial charge in [-0.15, -0.1) is 5.10 Å². The molecule has 0 saturated heterocycles. The molecule has 2 aromatic heterocycles. The maximum absolute atomic E-state index is 12.9. The Balaban J connectivity index is 1.66. The zero-order valence-corrected chi connectivity index (χ0v) is 15.0. The first-order chi connectivity index (χ1) is 13.1. The van der Waals surface area contributed by atoms with Gasteiger partial charge in [0, 0.05) is 22.6 Å². The monoisotopic (exact) mass is 379 g/mol. The van der Waals surface area contributed by atoms with Crippen molar-refractivity contribution in [3.8, 4) is 11.4 Å². The van der Waals surface area contributed by atoms with E-state index in [1.165, 1.54) is 11.0 Å². The number of nitrogens with zero attached hydrogens (tertiary/aromatic N) is 6. The summed E-state index contributed by atoms with van der Waals surface area (Å²) < 4.78 is 3.20. The third-order valence-electron chi connectivity index (χ3n) is 3.98. The third kappa shape index (κ3) is 3.42. The molecule has 0 radical (unpaired) electrons. The van der Waals surface area contributed by atoms with Gasteiger partial charge >= 0.3 is 0 Å². The molecule has 4 rings (SSSR count). The summed E-state index contributed by atoms with van der Waals surface area (Å²) in [6, 6.07) is 14.3. The van der Waals surface area contributed by atoms with E-state index >= 15 is 0 Å². The van der Waals surface area contributed by atoms with E-state index in [1.807, 2.05) is 37.3 Å². The third-order valence-corrected chi connectivity index (χ3v) is 4.21. The maximum atomic E-state index is 12.9. The van der Waals surface area contributed by atoms with E-state index in [0.717, 1.165) is 11.4 Å². The molecule has 0 fully saturated rings. The van der Waals surface area contributed by atoms with Gasteiger partial charge in [-0.2, -0.15) is 9.78 Å². The number of rotatable bonds is 4. The number of aryl methyl sites for hydroxylation is 1. The summed E-state index contributed by atoms with van der Waals surface area (Å²) >= 11 is 6.08. The van der Waals surface area contributed by atoms with Crippen LogP contribution < -0.4 is 5.32 Å². The topological polar surface area (TPSA) is 90.5 Å². The molecular weight excluding hydrogens is 366 g/mol. The van der Waals surface area contributed by atoms with Gasteiger partial charge in [0.2, 0.25) is 0 Å². The van der Waals surface area contributed by atoms with Gasteiger partial charge in [-0.1, -0.05) is 17.7 Å². The van der Waals surface area contributed by atoms with E-state index in [9.17, 15) is 4.79 Å². The van der Waals surface area contributed by atoms with Crippen LogP contribution >= 0.6 is 11.6 Å². The minimum absolute atomic E-state index is 0.322. The first kappa shape index (κ1) is 16.9. The highest BCUT2D eigenvalue weighted by atomic mass is 35.5. The van der Waals surface area contributed by atoms with Crippen LogP contribution in [0.5, 0.6) is 0 Å². The molecule has 2 aromatic carbocycles. The number of anilines is 1. The van der Waals surface area contributed by atoms with Crippen molar-refractivity contribution in [2.45, 2.75) is 6.92 Å². The summed E-state index contributed by atoms with van der Waals surface area (Å²) in [6.45, 7) is 1.96. The highest BCUT2D eigenvalue weighted by Gasteiger charge is 2.15. The second kappa shape index (κ2) is 7.00. The van der Waals surface area contributed by atoms with Crippen LogP contribution in [-0.2, 0) is 0 Å². The zero-order valence-electron chi connectivity index (χ0n) is 14.2. The Hall–Kier alpha value is -3.52. The van der Waals surface area contributed by atoms with E-state index in [4.69, 9.17) is 11.6 Å². The lowest BCUT2D eigenvalue weighted by Gasteiger charge is -2.11. The van der Waals surface area contributed by atoms with Crippen molar-refractivity contribution in [2.75, 3.05) is 5.32 Å². The predicted molar refractivity (Wildman–Crippen MR) is 100 cm³/mol. The Bertz CT molecular complexity index is 1100. The number of hydrogen-bond acceptors (Lipinski definition) is 5. The second-order valence-corrected chi connectivity index (χ2v) is 6.24. The van der Waals surface area contributed by atoms with E-state index in [1.54, 1.807) is 29.1 Å². The largest absolute Gasteiger partial charge is 0.322 e. The van der Waals surface area contributed by atoms with Gasteiger partial charge in [0.15, 0.2) is 0 Å². The fourth-order valence-corrected chi connectivity index (χ4v) is 2.89. The first-order valence-electron chi connectivity index (χ1n) is 8.07. The molecule has 1 amide bonds. The van der Waals surface area contributed by atoms with Gasteiger partial charge < -0.3 is 5.32 Å². The SMILES string of the molecule is Cc1ccnn1-c1cccc(NC(=O)c2cc(Cl)ccc2-n2cnnn2)c1.